The molecule has 5 nitrogen and oxygen atoms in total. The molecule has 3 N–H and O–H groups in total. The molecule has 4 rings (SSSR count). The van der Waals surface area contributed by atoms with Crippen LogP contribution in [0.3, 0.4) is 0 Å². The molecule has 3 heterocycles. The monoisotopic (exact) mass is 453 g/mol. The van der Waals surface area contributed by atoms with Crippen LogP contribution in [-0.4, -0.2) is 57.4 Å². The van der Waals surface area contributed by atoms with Crippen molar-refractivity contribution >= 4 is 5.71 Å². The number of nitrogens with one attached hydrogen (secondary N) is 3. The highest BCUT2D eigenvalue weighted by Gasteiger charge is 2.53. The number of aliphatic imine (C=N–C) groups is 1. The van der Waals surface area contributed by atoms with Crippen LogP contribution in [0.1, 0.15) is 46.0 Å². The summed E-state index contributed by atoms with van der Waals surface area (Å²) in [6, 6.07) is 0. The number of fused-ring (bicyclic) bond motifs is 1. The molecule has 3 unspecified atom stereocenters. The molecule has 184 valence electrons. The van der Waals surface area contributed by atoms with Gasteiger partial charge < -0.3 is 20.9 Å². The highest BCUT2D eigenvalue weighted by Crippen LogP contribution is 2.59. The van der Waals surface area contributed by atoms with E-state index in [0.717, 1.165) is 43.4 Å². The molecule has 0 aromatic rings. The van der Waals surface area contributed by atoms with Gasteiger partial charge in [0.2, 0.25) is 0 Å². The Kier molecular flexibility index (Phi) is 11.2. The maximum atomic E-state index is 4.26. The third-order valence-corrected chi connectivity index (χ3v) is 7.20. The van der Waals surface area contributed by atoms with Crippen molar-refractivity contribution in [3.63, 3.8) is 0 Å². The molecule has 2 fully saturated rings. The molecule has 4 aliphatic rings. The van der Waals surface area contributed by atoms with Gasteiger partial charge in [0.05, 0.1) is 11.4 Å². The van der Waals surface area contributed by atoms with E-state index in [9.17, 15) is 0 Å². The summed E-state index contributed by atoms with van der Waals surface area (Å²) in [4.78, 5) is 6.42. The summed E-state index contributed by atoms with van der Waals surface area (Å²) in [5.74, 6) is 1.35. The van der Waals surface area contributed by atoms with Gasteiger partial charge in [-0.3, -0.25) is 4.99 Å². The number of likely N-dealkylation sites (tertiary alicyclic amines) is 1. The first-order chi connectivity index (χ1) is 16.0. The fourth-order valence-corrected chi connectivity index (χ4v) is 4.99. The van der Waals surface area contributed by atoms with Crippen molar-refractivity contribution < 1.29 is 0 Å². The molecule has 33 heavy (non-hydrogen) atoms. The maximum absolute atomic E-state index is 4.26. The normalized spacial score (nSPS) is 28.3. The maximum Gasteiger partial charge on any atom is 0.0578 e. The molecule has 3 aliphatic heterocycles. The average molecular weight is 454 g/mol. The molecule has 1 spiro atoms. The zero-order valence-corrected chi connectivity index (χ0v) is 21.6. The van der Waals surface area contributed by atoms with Gasteiger partial charge in [-0.25, -0.2) is 0 Å². The first-order valence-electron chi connectivity index (χ1n) is 12.7. The summed E-state index contributed by atoms with van der Waals surface area (Å²) in [5, 5.41) is 10.6. The zero-order valence-electron chi connectivity index (χ0n) is 21.6. The highest BCUT2D eigenvalue weighted by atomic mass is 15.1. The Morgan fingerprint density at radius 2 is 2.09 bits per heavy atom. The third kappa shape index (κ3) is 7.72. The van der Waals surface area contributed by atoms with Crippen molar-refractivity contribution in [2.24, 2.45) is 22.2 Å². The van der Waals surface area contributed by atoms with E-state index in [1.807, 2.05) is 19.9 Å². The van der Waals surface area contributed by atoms with Gasteiger partial charge >= 0.3 is 0 Å². The first kappa shape index (κ1) is 27.1. The Morgan fingerprint density at radius 1 is 1.30 bits per heavy atom. The quantitative estimate of drug-likeness (QED) is 0.388. The summed E-state index contributed by atoms with van der Waals surface area (Å²) < 4.78 is 0. The van der Waals surface area contributed by atoms with Crippen LogP contribution >= 0.6 is 0 Å². The fraction of sp³-hybridized carbons (Fsp3) is 0.607. The number of hydrogen-bond acceptors (Lipinski definition) is 5. The molecule has 0 aromatic carbocycles. The number of nitrogens with zero attached hydrogens (tertiary/aromatic N) is 2. The molecular formula is C28H47N5. The second-order valence-corrected chi connectivity index (χ2v) is 9.32. The largest absolute Gasteiger partial charge is 0.384 e. The van der Waals surface area contributed by atoms with Gasteiger partial charge in [-0.1, -0.05) is 39.2 Å². The number of allylic oxidation sites excluding steroid dienone is 2. The Morgan fingerprint density at radius 3 is 2.73 bits per heavy atom. The van der Waals surface area contributed by atoms with Crippen LogP contribution in [0.25, 0.3) is 0 Å². The predicted molar refractivity (Wildman–Crippen MR) is 144 cm³/mol. The number of rotatable bonds is 7. The lowest BCUT2D eigenvalue weighted by Crippen LogP contribution is -2.30. The van der Waals surface area contributed by atoms with Crippen molar-refractivity contribution in [3.05, 3.63) is 61.1 Å². The summed E-state index contributed by atoms with van der Waals surface area (Å²) >= 11 is 0. The second kappa shape index (κ2) is 13.6. The van der Waals surface area contributed by atoms with Crippen LogP contribution in [0.15, 0.2) is 66.1 Å². The zero-order chi connectivity index (χ0) is 24.3. The molecule has 0 bridgehead atoms. The van der Waals surface area contributed by atoms with E-state index in [-0.39, 0.29) is 0 Å². The molecule has 1 saturated carbocycles. The van der Waals surface area contributed by atoms with E-state index in [1.54, 1.807) is 13.1 Å². The van der Waals surface area contributed by atoms with E-state index in [0.29, 0.717) is 11.3 Å². The Labute approximate surface area is 202 Å². The van der Waals surface area contributed by atoms with Crippen molar-refractivity contribution in [2.45, 2.75) is 46.0 Å². The summed E-state index contributed by atoms with van der Waals surface area (Å²) in [6.07, 6.45) is 14.5. The Bertz CT molecular complexity index is 762. The van der Waals surface area contributed by atoms with Gasteiger partial charge in [0.15, 0.2) is 0 Å². The molecule has 5 heteroatoms. The van der Waals surface area contributed by atoms with Gasteiger partial charge in [-0.2, -0.15) is 0 Å². The second-order valence-electron chi connectivity index (χ2n) is 9.32. The lowest BCUT2D eigenvalue weighted by molar-refractivity contribution is 0.331. The lowest BCUT2D eigenvalue weighted by Gasteiger charge is -2.18. The Hall–Kier alpha value is -2.11. The topological polar surface area (TPSA) is 51.7 Å². The predicted octanol–water partition coefficient (Wildman–Crippen LogP) is 4.65. The standard InChI is InChI=1S/C19H30N4.C7H11N.C2H6/c1-14(18-10-15-12-20-7-4-17(15)22-18)21-13-16-11-19(16)5-3-8-23(2)9-6-19;1-4-6-7(5-2)8-3;1-2/h4,10,15-16,20-22H,1,3,5-9,11-13H2,2H3;4-5H,1-2,6H2,3H3;1-2H3. The van der Waals surface area contributed by atoms with Gasteiger partial charge in [0, 0.05) is 50.4 Å². The SMILES string of the molecule is C=C(NCC1CC12CCCN(C)CC2)C1=CC2CNCC=C2N1.C=CCC(C=C)=NC.CC. The summed E-state index contributed by atoms with van der Waals surface area (Å²) in [7, 11) is 4.01. The third-order valence-electron chi connectivity index (χ3n) is 7.20. The summed E-state index contributed by atoms with van der Waals surface area (Å²) in [5.41, 5.74) is 5.21. The van der Waals surface area contributed by atoms with Crippen LogP contribution in [0.5, 0.6) is 0 Å². The molecule has 1 saturated heterocycles. The van der Waals surface area contributed by atoms with Crippen LogP contribution in [0.2, 0.25) is 0 Å². The Balaban J connectivity index is 0.000000330. The van der Waals surface area contributed by atoms with Crippen molar-refractivity contribution in [3.8, 4) is 0 Å². The van der Waals surface area contributed by atoms with E-state index in [4.69, 9.17) is 0 Å². The molecule has 0 amide bonds. The van der Waals surface area contributed by atoms with E-state index < -0.39 is 0 Å². The summed E-state index contributed by atoms with van der Waals surface area (Å²) in [6.45, 7) is 21.0. The van der Waals surface area contributed by atoms with Crippen molar-refractivity contribution in [2.75, 3.05) is 46.8 Å². The van der Waals surface area contributed by atoms with Gasteiger partial charge in [-0.15, -0.1) is 6.58 Å². The lowest BCUT2D eigenvalue weighted by atomic mass is 9.94. The highest BCUT2D eigenvalue weighted by molar-refractivity contribution is 5.95. The molecule has 0 radical (unpaired) electrons. The van der Waals surface area contributed by atoms with Crippen molar-refractivity contribution in [1.29, 1.82) is 0 Å². The average Bonchev–Trinajstić information content (AvgIpc) is 3.42. The van der Waals surface area contributed by atoms with Crippen molar-refractivity contribution in [1.82, 2.24) is 20.9 Å². The molecule has 0 aromatic heterocycles. The van der Waals surface area contributed by atoms with E-state index >= 15 is 0 Å². The minimum absolute atomic E-state index is 0.502. The van der Waals surface area contributed by atoms with Crippen LogP contribution in [-0.2, 0) is 0 Å². The van der Waals surface area contributed by atoms with Gasteiger partial charge in [0.1, 0.15) is 0 Å². The smallest absolute Gasteiger partial charge is 0.0578 e. The van der Waals surface area contributed by atoms with Gasteiger partial charge in [0.25, 0.3) is 0 Å². The van der Waals surface area contributed by atoms with Crippen LogP contribution in [0.4, 0.5) is 0 Å². The molecule has 1 aliphatic carbocycles. The van der Waals surface area contributed by atoms with Gasteiger partial charge in [-0.05, 0) is 69.3 Å². The number of hydrogen-bond donors (Lipinski definition) is 3. The minimum Gasteiger partial charge on any atom is -0.384 e. The molecular weight excluding hydrogens is 406 g/mol. The van der Waals surface area contributed by atoms with E-state index in [2.05, 4.69) is 64.8 Å². The van der Waals surface area contributed by atoms with E-state index in [1.165, 1.54) is 50.2 Å². The van der Waals surface area contributed by atoms with Crippen LogP contribution in [0, 0.1) is 17.3 Å². The first-order valence-corrected chi connectivity index (χ1v) is 12.7. The minimum atomic E-state index is 0.502. The fourth-order valence-electron chi connectivity index (χ4n) is 4.99. The molecule has 3 atom stereocenters. The van der Waals surface area contributed by atoms with Crippen LogP contribution < -0.4 is 16.0 Å².